The predicted octanol–water partition coefficient (Wildman–Crippen LogP) is 2.66. The number of ether oxygens (including phenoxy) is 2. The zero-order valence-corrected chi connectivity index (χ0v) is 14.4. The first-order chi connectivity index (χ1) is 12.2. The van der Waals surface area contributed by atoms with Crippen LogP contribution in [-0.2, 0) is 9.47 Å². The normalized spacial score (nSPS) is 28.4. The average molecular weight is 348 g/mol. The Morgan fingerprint density at radius 3 is 2.64 bits per heavy atom. The van der Waals surface area contributed by atoms with Crippen molar-refractivity contribution in [3.63, 3.8) is 0 Å². The molecule has 0 bridgehead atoms. The van der Waals surface area contributed by atoms with Crippen LogP contribution in [0.4, 0.5) is 9.18 Å². The van der Waals surface area contributed by atoms with Gasteiger partial charge in [0.25, 0.3) is 0 Å². The van der Waals surface area contributed by atoms with Gasteiger partial charge in [-0.1, -0.05) is 12.1 Å². The molecule has 2 atom stereocenters. The maximum absolute atomic E-state index is 13.0. The summed E-state index contributed by atoms with van der Waals surface area (Å²) < 4.78 is 24.5. The van der Waals surface area contributed by atoms with E-state index in [0.29, 0.717) is 19.1 Å². The summed E-state index contributed by atoms with van der Waals surface area (Å²) in [5.74, 6) is 0.0752. The van der Waals surface area contributed by atoms with Gasteiger partial charge in [-0.15, -0.1) is 0 Å². The Kier molecular flexibility index (Phi) is 4.65. The van der Waals surface area contributed by atoms with Gasteiger partial charge in [0.15, 0.2) is 0 Å². The Bertz CT molecular complexity index is 616. The van der Waals surface area contributed by atoms with Gasteiger partial charge < -0.3 is 19.7 Å². The molecule has 5 nitrogen and oxygen atoms in total. The summed E-state index contributed by atoms with van der Waals surface area (Å²) in [5, 5.41) is 3.12. The molecule has 2 saturated heterocycles. The third-order valence-corrected chi connectivity index (χ3v) is 5.70. The SMILES string of the molecule is O=C(N[C@@H]1C[C@H]1c1ccc(F)cc1)N1CCOC2(CCOCC2)CC1. The van der Waals surface area contributed by atoms with Crippen molar-refractivity contribution in [2.24, 2.45) is 0 Å². The van der Waals surface area contributed by atoms with Crippen molar-refractivity contribution in [1.29, 1.82) is 0 Å². The summed E-state index contributed by atoms with van der Waals surface area (Å²) in [6.07, 6.45) is 3.62. The van der Waals surface area contributed by atoms with Gasteiger partial charge in [0.05, 0.1) is 12.2 Å². The van der Waals surface area contributed by atoms with Crippen LogP contribution in [0.5, 0.6) is 0 Å². The maximum Gasteiger partial charge on any atom is 0.317 e. The third kappa shape index (κ3) is 3.80. The van der Waals surface area contributed by atoms with E-state index in [0.717, 1.165) is 51.0 Å². The molecule has 1 aromatic rings. The standard InChI is InChI=1S/C19H25FN2O3/c20-15-3-1-14(2-4-15)16-13-17(16)21-18(23)22-8-5-19(25-12-9-22)6-10-24-11-7-19/h1-4,16-17H,5-13H2,(H,21,23)/t16-,17+/m0/s1. The van der Waals surface area contributed by atoms with Crippen molar-refractivity contribution < 1.29 is 18.7 Å². The fraction of sp³-hybridized carbons (Fsp3) is 0.632. The fourth-order valence-electron chi connectivity index (χ4n) is 3.92. The molecular weight excluding hydrogens is 323 g/mol. The zero-order valence-electron chi connectivity index (χ0n) is 14.4. The number of nitrogens with zero attached hydrogens (tertiary/aromatic N) is 1. The lowest BCUT2D eigenvalue weighted by molar-refractivity contribution is -0.105. The monoisotopic (exact) mass is 348 g/mol. The molecule has 0 unspecified atom stereocenters. The Hall–Kier alpha value is -1.66. The molecule has 4 rings (SSSR count). The number of nitrogens with one attached hydrogen (secondary N) is 1. The summed E-state index contributed by atoms with van der Waals surface area (Å²) in [6, 6.07) is 6.71. The molecule has 1 saturated carbocycles. The largest absolute Gasteiger partial charge is 0.381 e. The first-order valence-corrected chi connectivity index (χ1v) is 9.18. The number of rotatable bonds is 2. The number of halogens is 1. The van der Waals surface area contributed by atoms with Crippen LogP contribution in [0.15, 0.2) is 24.3 Å². The van der Waals surface area contributed by atoms with Crippen molar-refractivity contribution >= 4 is 6.03 Å². The van der Waals surface area contributed by atoms with Gasteiger partial charge in [-0.25, -0.2) is 9.18 Å². The summed E-state index contributed by atoms with van der Waals surface area (Å²) in [7, 11) is 0. The van der Waals surface area contributed by atoms with E-state index in [2.05, 4.69) is 5.32 Å². The van der Waals surface area contributed by atoms with Gasteiger partial charge in [0.2, 0.25) is 0 Å². The van der Waals surface area contributed by atoms with E-state index in [9.17, 15) is 9.18 Å². The van der Waals surface area contributed by atoms with Crippen LogP contribution in [0.1, 0.15) is 37.2 Å². The van der Waals surface area contributed by atoms with E-state index in [-0.39, 0.29) is 23.5 Å². The highest BCUT2D eigenvalue weighted by atomic mass is 19.1. The highest BCUT2D eigenvalue weighted by molar-refractivity contribution is 5.75. The van der Waals surface area contributed by atoms with Gasteiger partial charge in [0, 0.05) is 38.3 Å². The molecule has 2 amide bonds. The van der Waals surface area contributed by atoms with Crippen LogP contribution in [0, 0.1) is 5.82 Å². The molecule has 1 aliphatic carbocycles. The number of hydrogen-bond donors (Lipinski definition) is 1. The lowest BCUT2D eigenvalue weighted by Crippen LogP contribution is -2.43. The fourth-order valence-corrected chi connectivity index (χ4v) is 3.92. The minimum absolute atomic E-state index is 0.0117. The molecule has 6 heteroatoms. The second kappa shape index (κ2) is 6.92. The quantitative estimate of drug-likeness (QED) is 0.894. The lowest BCUT2D eigenvalue weighted by atomic mass is 9.90. The van der Waals surface area contributed by atoms with E-state index in [1.165, 1.54) is 12.1 Å². The Balaban J connectivity index is 1.29. The predicted molar refractivity (Wildman–Crippen MR) is 91.0 cm³/mol. The van der Waals surface area contributed by atoms with Crippen LogP contribution >= 0.6 is 0 Å². The van der Waals surface area contributed by atoms with Crippen LogP contribution in [0.3, 0.4) is 0 Å². The minimum Gasteiger partial charge on any atom is -0.381 e. The van der Waals surface area contributed by atoms with Gasteiger partial charge in [-0.3, -0.25) is 0 Å². The number of carbonyl (C=O) groups excluding carboxylic acids is 1. The zero-order chi connectivity index (χ0) is 17.3. The van der Waals surface area contributed by atoms with E-state index in [1.54, 1.807) is 12.1 Å². The Morgan fingerprint density at radius 1 is 1.12 bits per heavy atom. The number of hydrogen-bond acceptors (Lipinski definition) is 3. The van der Waals surface area contributed by atoms with Gasteiger partial charge in [0.1, 0.15) is 5.82 Å². The highest BCUT2D eigenvalue weighted by Gasteiger charge is 2.41. The molecule has 0 aromatic heterocycles. The molecule has 0 radical (unpaired) electrons. The van der Waals surface area contributed by atoms with Crippen LogP contribution in [-0.4, -0.2) is 55.5 Å². The highest BCUT2D eigenvalue weighted by Crippen LogP contribution is 2.41. The molecule has 2 heterocycles. The van der Waals surface area contributed by atoms with Crippen molar-refractivity contribution in [2.75, 3.05) is 32.9 Å². The smallest absolute Gasteiger partial charge is 0.317 e. The van der Waals surface area contributed by atoms with Crippen molar-refractivity contribution in [1.82, 2.24) is 10.2 Å². The summed E-state index contributed by atoms with van der Waals surface area (Å²) in [5.41, 5.74) is 0.982. The summed E-state index contributed by atoms with van der Waals surface area (Å²) in [6.45, 7) is 3.42. The second-order valence-corrected chi connectivity index (χ2v) is 7.33. The van der Waals surface area contributed by atoms with Crippen LogP contribution < -0.4 is 5.32 Å². The van der Waals surface area contributed by atoms with E-state index in [4.69, 9.17) is 9.47 Å². The molecule has 136 valence electrons. The third-order valence-electron chi connectivity index (χ3n) is 5.70. The first kappa shape index (κ1) is 16.8. The summed E-state index contributed by atoms with van der Waals surface area (Å²) >= 11 is 0. The van der Waals surface area contributed by atoms with E-state index in [1.807, 2.05) is 4.90 Å². The maximum atomic E-state index is 13.0. The average Bonchev–Trinajstić information content (AvgIpc) is 3.40. The van der Waals surface area contributed by atoms with Gasteiger partial charge in [-0.05, 0) is 43.4 Å². The van der Waals surface area contributed by atoms with E-state index < -0.39 is 0 Å². The molecule has 25 heavy (non-hydrogen) atoms. The number of benzene rings is 1. The number of carbonyl (C=O) groups is 1. The Morgan fingerprint density at radius 2 is 1.88 bits per heavy atom. The van der Waals surface area contributed by atoms with E-state index >= 15 is 0 Å². The number of amides is 2. The van der Waals surface area contributed by atoms with Crippen LogP contribution in [0.2, 0.25) is 0 Å². The van der Waals surface area contributed by atoms with Crippen molar-refractivity contribution in [2.45, 2.75) is 43.2 Å². The van der Waals surface area contributed by atoms with Gasteiger partial charge in [-0.2, -0.15) is 0 Å². The lowest BCUT2D eigenvalue weighted by Gasteiger charge is -2.35. The topological polar surface area (TPSA) is 50.8 Å². The van der Waals surface area contributed by atoms with Crippen molar-refractivity contribution in [3.05, 3.63) is 35.6 Å². The van der Waals surface area contributed by atoms with Gasteiger partial charge >= 0.3 is 6.03 Å². The molecule has 2 aliphatic heterocycles. The van der Waals surface area contributed by atoms with Crippen LogP contribution in [0.25, 0.3) is 0 Å². The summed E-state index contributed by atoms with van der Waals surface area (Å²) in [4.78, 5) is 14.4. The molecule has 1 aromatic carbocycles. The number of urea groups is 1. The molecule has 3 fully saturated rings. The molecule has 1 N–H and O–H groups in total. The molecule has 3 aliphatic rings. The first-order valence-electron chi connectivity index (χ1n) is 9.18. The Labute approximate surface area is 147 Å². The molecular formula is C19H25FN2O3. The molecule has 1 spiro atoms. The second-order valence-electron chi connectivity index (χ2n) is 7.33. The minimum atomic E-state index is -0.225. The van der Waals surface area contributed by atoms with Crippen molar-refractivity contribution in [3.8, 4) is 0 Å².